The van der Waals surface area contributed by atoms with Crippen molar-refractivity contribution in [3.05, 3.63) is 59.3 Å². The zero-order valence-corrected chi connectivity index (χ0v) is 21.3. The number of rotatable bonds is 5. The summed E-state index contributed by atoms with van der Waals surface area (Å²) in [6, 6.07) is 5.68. The van der Waals surface area contributed by atoms with Crippen LogP contribution in [0.4, 0.5) is 26.3 Å². The largest absolute Gasteiger partial charge is 0.492 e. The molecule has 0 amide bonds. The summed E-state index contributed by atoms with van der Waals surface area (Å²) in [5.41, 5.74) is -3.83. The lowest BCUT2D eigenvalue weighted by atomic mass is 9.77. The molecule has 3 aromatic rings. The smallest absolute Gasteiger partial charge is 0.418 e. The average Bonchev–Trinajstić information content (AvgIpc) is 3.22. The van der Waals surface area contributed by atoms with Gasteiger partial charge in [0, 0.05) is 17.5 Å². The number of piperidine rings is 1. The molecule has 5 rings (SSSR count). The van der Waals surface area contributed by atoms with Gasteiger partial charge in [-0.1, -0.05) is 12.1 Å². The third-order valence-electron chi connectivity index (χ3n) is 7.61. The van der Waals surface area contributed by atoms with Crippen molar-refractivity contribution in [2.45, 2.75) is 81.2 Å². The monoisotopic (exact) mass is 557 g/mol. The molecule has 1 aromatic heterocycles. The van der Waals surface area contributed by atoms with Crippen LogP contribution in [0.3, 0.4) is 0 Å². The van der Waals surface area contributed by atoms with Crippen molar-refractivity contribution >= 4 is 10.9 Å². The third-order valence-corrected chi connectivity index (χ3v) is 7.61. The normalized spacial score (nSPS) is 29.8. The molecule has 12 heteroatoms. The summed E-state index contributed by atoms with van der Waals surface area (Å²) in [7, 11) is 0. The Bertz CT molecular complexity index is 1340. The van der Waals surface area contributed by atoms with E-state index in [4.69, 9.17) is 4.74 Å². The van der Waals surface area contributed by atoms with Gasteiger partial charge < -0.3 is 20.3 Å². The Morgan fingerprint density at radius 2 is 1.67 bits per heavy atom. The molecule has 1 saturated carbocycles. The molecule has 2 aliphatic rings. The van der Waals surface area contributed by atoms with Crippen molar-refractivity contribution in [2.24, 2.45) is 0 Å². The van der Waals surface area contributed by atoms with Gasteiger partial charge in [0.05, 0.1) is 40.1 Å². The molecule has 3 atom stereocenters. The van der Waals surface area contributed by atoms with Crippen molar-refractivity contribution in [2.75, 3.05) is 6.61 Å². The zero-order chi connectivity index (χ0) is 28.4. The Kier molecular flexibility index (Phi) is 6.67. The Morgan fingerprint density at radius 3 is 2.26 bits per heavy atom. The summed E-state index contributed by atoms with van der Waals surface area (Å²) in [6.45, 7) is 3.36. The molecule has 0 radical (unpaired) electrons. The maximum absolute atomic E-state index is 14.1. The van der Waals surface area contributed by atoms with Crippen LogP contribution >= 0.6 is 0 Å². The Labute approximate surface area is 220 Å². The molecular formula is C27H29F6N3O3. The van der Waals surface area contributed by atoms with E-state index in [2.05, 4.69) is 10.4 Å². The molecule has 0 bridgehead atoms. The van der Waals surface area contributed by atoms with Crippen LogP contribution in [0.15, 0.2) is 42.6 Å². The van der Waals surface area contributed by atoms with Gasteiger partial charge in [0.15, 0.2) is 0 Å². The van der Waals surface area contributed by atoms with Gasteiger partial charge in [0.25, 0.3) is 0 Å². The maximum Gasteiger partial charge on any atom is 0.418 e. The van der Waals surface area contributed by atoms with Crippen LogP contribution < -0.4 is 10.1 Å². The summed E-state index contributed by atoms with van der Waals surface area (Å²) >= 11 is 0. The third kappa shape index (κ3) is 5.59. The minimum Gasteiger partial charge on any atom is -0.492 e. The van der Waals surface area contributed by atoms with Crippen LogP contribution in [-0.2, 0) is 18.0 Å². The van der Waals surface area contributed by atoms with Gasteiger partial charge in [-0.15, -0.1) is 0 Å². The van der Waals surface area contributed by atoms with Crippen LogP contribution in [0.2, 0.25) is 0 Å². The standard InChI is InChI=1S/C27H29F6N3O3/c1-15-9-25(38,17-3-5-18(6-4-17)26(28,29)30)10-19(35-15)14-39-21-7-16-13-34-36(20-11-24(2,37)12-20)23(16)22(8-21)27(31,32)33/h3-8,13,15,19-20,35,37-38H,9-12,14H2,1-2H3/t15-,19-,20?,24?,25-/m0/s1. The second-order valence-corrected chi connectivity index (χ2v) is 11.1. The summed E-state index contributed by atoms with van der Waals surface area (Å²) < 4.78 is 88.2. The molecule has 1 aliphatic carbocycles. The fourth-order valence-corrected chi connectivity index (χ4v) is 5.90. The summed E-state index contributed by atoms with van der Waals surface area (Å²) in [4.78, 5) is 0. The molecule has 0 unspecified atom stereocenters. The molecule has 39 heavy (non-hydrogen) atoms. The number of fused-ring (bicyclic) bond motifs is 1. The molecule has 2 aromatic carbocycles. The van der Waals surface area contributed by atoms with E-state index < -0.39 is 40.7 Å². The second-order valence-electron chi connectivity index (χ2n) is 11.1. The van der Waals surface area contributed by atoms with Crippen LogP contribution in [0.1, 0.15) is 62.3 Å². The summed E-state index contributed by atoms with van der Waals surface area (Å²) in [5, 5.41) is 29.0. The highest BCUT2D eigenvalue weighted by molar-refractivity contribution is 5.84. The Hall–Kier alpha value is -2.83. The van der Waals surface area contributed by atoms with Gasteiger partial charge in [-0.25, -0.2) is 0 Å². The SMILES string of the molecule is C[C@H]1C[C@@](O)(c2ccc(C(F)(F)F)cc2)C[C@@H](COc2cc(C(F)(F)F)c3c(cnn3C3CC(C)(O)C3)c2)N1. The molecule has 2 fully saturated rings. The summed E-state index contributed by atoms with van der Waals surface area (Å²) in [6.07, 6.45) is -6.90. The first-order chi connectivity index (χ1) is 18.0. The number of hydrogen-bond acceptors (Lipinski definition) is 5. The number of nitrogens with zero attached hydrogens (tertiary/aromatic N) is 2. The quantitative estimate of drug-likeness (QED) is 0.358. The number of halogens is 6. The lowest BCUT2D eigenvalue weighted by Gasteiger charge is -2.41. The number of nitrogens with one attached hydrogen (secondary N) is 1. The number of ether oxygens (including phenoxy) is 1. The molecule has 3 N–H and O–H groups in total. The highest BCUT2D eigenvalue weighted by Crippen LogP contribution is 2.45. The first-order valence-electron chi connectivity index (χ1n) is 12.6. The molecule has 212 valence electrons. The number of benzene rings is 2. The molecule has 0 spiro atoms. The predicted octanol–water partition coefficient (Wildman–Crippen LogP) is 5.57. The van der Waals surface area contributed by atoms with Gasteiger partial charge in [-0.05, 0) is 69.4 Å². The number of aliphatic hydroxyl groups is 2. The topological polar surface area (TPSA) is 79.5 Å². The van der Waals surface area contributed by atoms with E-state index in [0.717, 1.165) is 18.2 Å². The first-order valence-corrected chi connectivity index (χ1v) is 12.6. The van der Waals surface area contributed by atoms with E-state index >= 15 is 0 Å². The van der Waals surface area contributed by atoms with E-state index in [1.165, 1.54) is 29.1 Å². The number of alkyl halides is 6. The highest BCUT2D eigenvalue weighted by Gasteiger charge is 2.43. The average molecular weight is 558 g/mol. The fraction of sp³-hybridized carbons (Fsp3) is 0.519. The lowest BCUT2D eigenvalue weighted by Crippen LogP contribution is -2.53. The van der Waals surface area contributed by atoms with Gasteiger partial charge in [0.1, 0.15) is 12.4 Å². The number of aromatic nitrogens is 2. The van der Waals surface area contributed by atoms with Crippen molar-refractivity contribution in [3.8, 4) is 5.75 Å². The van der Waals surface area contributed by atoms with Gasteiger partial charge >= 0.3 is 12.4 Å². The highest BCUT2D eigenvalue weighted by atomic mass is 19.4. The first kappa shape index (κ1) is 27.7. The second kappa shape index (κ2) is 9.38. The van der Waals surface area contributed by atoms with Crippen molar-refractivity contribution in [1.82, 2.24) is 15.1 Å². The van der Waals surface area contributed by atoms with Gasteiger partial charge in [0.2, 0.25) is 0 Å². The molecule has 1 aliphatic heterocycles. The number of hydrogen-bond donors (Lipinski definition) is 3. The van der Waals surface area contributed by atoms with Gasteiger partial charge in [-0.3, -0.25) is 4.68 Å². The summed E-state index contributed by atoms with van der Waals surface area (Å²) in [5.74, 6) is -0.0203. The molecule has 2 heterocycles. The predicted molar refractivity (Wildman–Crippen MR) is 130 cm³/mol. The van der Waals surface area contributed by atoms with E-state index in [-0.39, 0.29) is 48.2 Å². The minimum atomic E-state index is -4.68. The van der Waals surface area contributed by atoms with E-state index in [1.54, 1.807) is 13.8 Å². The fourth-order valence-electron chi connectivity index (χ4n) is 5.90. The molecular weight excluding hydrogens is 528 g/mol. The maximum atomic E-state index is 14.1. The lowest BCUT2D eigenvalue weighted by molar-refractivity contribution is -0.138. The minimum absolute atomic E-state index is 0.0203. The molecule has 6 nitrogen and oxygen atoms in total. The van der Waals surface area contributed by atoms with Crippen LogP contribution in [-0.4, -0.2) is 44.3 Å². The zero-order valence-electron chi connectivity index (χ0n) is 21.3. The van der Waals surface area contributed by atoms with Crippen LogP contribution in [0.25, 0.3) is 10.9 Å². The van der Waals surface area contributed by atoms with Crippen molar-refractivity contribution in [1.29, 1.82) is 0 Å². The van der Waals surface area contributed by atoms with E-state index in [0.29, 0.717) is 18.4 Å². The van der Waals surface area contributed by atoms with E-state index in [1.807, 2.05) is 0 Å². The van der Waals surface area contributed by atoms with Gasteiger partial charge in [-0.2, -0.15) is 31.4 Å². The van der Waals surface area contributed by atoms with Crippen molar-refractivity contribution < 1.29 is 41.3 Å². The van der Waals surface area contributed by atoms with Crippen LogP contribution in [0.5, 0.6) is 5.75 Å². The van der Waals surface area contributed by atoms with Crippen LogP contribution in [0, 0.1) is 0 Å². The van der Waals surface area contributed by atoms with E-state index in [9.17, 15) is 36.6 Å². The van der Waals surface area contributed by atoms with Crippen molar-refractivity contribution in [3.63, 3.8) is 0 Å². The molecule has 1 saturated heterocycles. The Morgan fingerprint density at radius 1 is 1.00 bits per heavy atom. The Balaban J connectivity index is 1.35.